The molecule has 4 aliphatic heterocycles. The number of rotatable bonds is 10. The average Bonchev–Trinajstić information content (AvgIpc) is 3.28. The quantitative estimate of drug-likeness (QED) is 0.247. The first-order valence-corrected chi connectivity index (χ1v) is 8.21. The number of epoxide rings is 4. The molecular formula is C13H20Cl2N2O4. The summed E-state index contributed by atoms with van der Waals surface area (Å²) in [7, 11) is 0. The van der Waals surface area contributed by atoms with Crippen LogP contribution in [-0.2, 0) is 18.9 Å². The Kier molecular flexibility index (Phi) is 4.09. The molecule has 120 valence electrons. The molecule has 0 aromatic rings. The van der Waals surface area contributed by atoms with E-state index in [4.69, 9.17) is 42.1 Å². The SMILES string of the molecule is ClC(Cl)(N(CC1CO1)CC1CO1)N(CC1CO1)CC1CO1. The molecule has 4 aliphatic rings. The number of alkyl halides is 2. The van der Waals surface area contributed by atoms with Crippen LogP contribution < -0.4 is 0 Å². The Morgan fingerprint density at radius 1 is 0.667 bits per heavy atom. The summed E-state index contributed by atoms with van der Waals surface area (Å²) < 4.78 is 20.3. The Bertz CT molecular complexity index is 322. The van der Waals surface area contributed by atoms with Crippen LogP contribution in [0, 0.1) is 0 Å². The largest absolute Gasteiger partial charge is 0.372 e. The summed E-state index contributed by atoms with van der Waals surface area (Å²) >= 11 is 13.5. The summed E-state index contributed by atoms with van der Waals surface area (Å²) in [5.41, 5.74) is 0. The highest BCUT2D eigenvalue weighted by atomic mass is 35.5. The zero-order chi connectivity index (χ0) is 14.4. The third-order valence-corrected chi connectivity index (χ3v) is 5.02. The molecule has 0 aliphatic carbocycles. The van der Waals surface area contributed by atoms with Gasteiger partial charge in [0.2, 0.25) is 4.58 Å². The van der Waals surface area contributed by atoms with Crippen LogP contribution in [0.15, 0.2) is 0 Å². The van der Waals surface area contributed by atoms with Crippen LogP contribution in [0.1, 0.15) is 0 Å². The van der Waals surface area contributed by atoms with E-state index >= 15 is 0 Å². The lowest BCUT2D eigenvalue weighted by molar-refractivity contribution is 0.0462. The predicted molar refractivity (Wildman–Crippen MR) is 76.5 cm³/mol. The van der Waals surface area contributed by atoms with E-state index in [-0.39, 0.29) is 24.4 Å². The lowest BCUT2D eigenvalue weighted by Gasteiger charge is -2.41. The van der Waals surface area contributed by atoms with Crippen LogP contribution in [0.25, 0.3) is 0 Å². The van der Waals surface area contributed by atoms with Crippen molar-refractivity contribution < 1.29 is 18.9 Å². The van der Waals surface area contributed by atoms with Crippen molar-refractivity contribution in [3.63, 3.8) is 0 Å². The van der Waals surface area contributed by atoms with Crippen LogP contribution in [0.5, 0.6) is 0 Å². The van der Waals surface area contributed by atoms with Crippen molar-refractivity contribution >= 4 is 23.2 Å². The second kappa shape index (κ2) is 5.76. The van der Waals surface area contributed by atoms with Crippen molar-refractivity contribution in [2.75, 3.05) is 52.6 Å². The van der Waals surface area contributed by atoms with Gasteiger partial charge in [0.1, 0.15) is 0 Å². The van der Waals surface area contributed by atoms with Gasteiger partial charge in [-0.15, -0.1) is 0 Å². The number of hydrogen-bond donors (Lipinski definition) is 0. The summed E-state index contributed by atoms with van der Waals surface area (Å²) in [5.74, 6) is 0. The molecule has 0 N–H and O–H groups in total. The van der Waals surface area contributed by atoms with E-state index in [9.17, 15) is 0 Å². The van der Waals surface area contributed by atoms with Crippen molar-refractivity contribution in [1.82, 2.24) is 9.80 Å². The highest BCUT2D eigenvalue weighted by Gasteiger charge is 2.47. The molecule has 0 saturated carbocycles. The minimum atomic E-state index is -1.09. The van der Waals surface area contributed by atoms with Gasteiger partial charge in [0, 0.05) is 26.2 Å². The van der Waals surface area contributed by atoms with Gasteiger partial charge in [-0.05, 0) is 0 Å². The maximum absolute atomic E-state index is 6.75. The van der Waals surface area contributed by atoms with Crippen molar-refractivity contribution in [3.05, 3.63) is 0 Å². The molecule has 21 heavy (non-hydrogen) atoms. The topological polar surface area (TPSA) is 56.6 Å². The molecule has 0 aromatic carbocycles. The molecule has 4 atom stereocenters. The lowest BCUT2D eigenvalue weighted by Crippen LogP contribution is -2.57. The van der Waals surface area contributed by atoms with E-state index < -0.39 is 4.58 Å². The fraction of sp³-hybridized carbons (Fsp3) is 1.00. The molecule has 6 nitrogen and oxygen atoms in total. The summed E-state index contributed by atoms with van der Waals surface area (Å²) in [5, 5.41) is 0. The van der Waals surface area contributed by atoms with Crippen molar-refractivity contribution in [1.29, 1.82) is 0 Å². The smallest absolute Gasteiger partial charge is 0.229 e. The Hall–Kier alpha value is 0.340. The Labute approximate surface area is 134 Å². The van der Waals surface area contributed by atoms with Gasteiger partial charge in [0.05, 0.1) is 50.8 Å². The fourth-order valence-electron chi connectivity index (χ4n) is 2.47. The first-order valence-electron chi connectivity index (χ1n) is 7.45. The molecule has 4 saturated heterocycles. The van der Waals surface area contributed by atoms with E-state index in [1.807, 2.05) is 0 Å². The maximum Gasteiger partial charge on any atom is 0.229 e. The van der Waals surface area contributed by atoms with Gasteiger partial charge in [-0.1, -0.05) is 23.2 Å². The molecule has 0 bridgehead atoms. The summed E-state index contributed by atoms with van der Waals surface area (Å²) in [6.45, 7) is 6.01. The Balaban J connectivity index is 1.44. The fourth-order valence-corrected chi connectivity index (χ4v) is 3.02. The predicted octanol–water partition coefficient (Wildman–Crippen LogP) is 0.274. The van der Waals surface area contributed by atoms with Crippen LogP contribution in [0.4, 0.5) is 0 Å². The molecule has 0 amide bonds. The third kappa shape index (κ3) is 4.20. The highest BCUT2D eigenvalue weighted by Crippen LogP contribution is 2.36. The molecule has 0 radical (unpaired) electrons. The second-order valence-corrected chi connectivity index (χ2v) is 7.39. The molecule has 0 aromatic heterocycles. The maximum atomic E-state index is 6.75. The summed E-state index contributed by atoms with van der Waals surface area (Å²) in [6.07, 6.45) is 0.933. The number of ether oxygens (including phenoxy) is 4. The summed E-state index contributed by atoms with van der Waals surface area (Å²) in [6, 6.07) is 0. The number of nitrogens with zero attached hydrogens (tertiary/aromatic N) is 2. The molecule has 4 heterocycles. The second-order valence-electron chi connectivity index (χ2n) is 6.14. The van der Waals surface area contributed by atoms with E-state index in [0.717, 1.165) is 52.6 Å². The van der Waals surface area contributed by atoms with Gasteiger partial charge in [0.25, 0.3) is 0 Å². The molecule has 4 unspecified atom stereocenters. The van der Waals surface area contributed by atoms with Gasteiger partial charge in [-0.2, -0.15) is 0 Å². The van der Waals surface area contributed by atoms with Crippen molar-refractivity contribution in [2.45, 2.75) is 29.0 Å². The van der Waals surface area contributed by atoms with E-state index in [1.165, 1.54) is 0 Å². The number of hydrogen-bond acceptors (Lipinski definition) is 6. The van der Waals surface area contributed by atoms with E-state index in [0.29, 0.717) is 0 Å². The van der Waals surface area contributed by atoms with Crippen LogP contribution in [0.2, 0.25) is 0 Å². The number of halogens is 2. The Morgan fingerprint density at radius 3 is 1.10 bits per heavy atom. The van der Waals surface area contributed by atoms with Crippen molar-refractivity contribution in [2.24, 2.45) is 0 Å². The minimum Gasteiger partial charge on any atom is -0.372 e. The van der Waals surface area contributed by atoms with Gasteiger partial charge >= 0.3 is 0 Å². The Morgan fingerprint density at radius 2 is 0.905 bits per heavy atom. The van der Waals surface area contributed by atoms with E-state index in [2.05, 4.69) is 9.80 Å². The molecule has 4 rings (SSSR count). The van der Waals surface area contributed by atoms with Crippen LogP contribution in [-0.4, -0.2) is 91.4 Å². The van der Waals surface area contributed by atoms with Crippen LogP contribution in [0.3, 0.4) is 0 Å². The molecule has 0 spiro atoms. The minimum absolute atomic E-state index is 0.233. The standard InChI is InChI=1S/C13H20Cl2N2O4/c14-13(15,16(1-9-5-18-9)2-10-6-19-10)17(3-11-7-20-11)4-12-8-21-12/h9-12H,1-8H2. The normalized spacial score (nSPS) is 37.1. The van der Waals surface area contributed by atoms with Gasteiger partial charge in [0.15, 0.2) is 0 Å². The van der Waals surface area contributed by atoms with Crippen molar-refractivity contribution in [3.8, 4) is 0 Å². The average molecular weight is 339 g/mol. The van der Waals surface area contributed by atoms with Crippen LogP contribution >= 0.6 is 23.2 Å². The molecular weight excluding hydrogens is 319 g/mol. The zero-order valence-electron chi connectivity index (χ0n) is 11.7. The van der Waals surface area contributed by atoms with E-state index in [1.54, 1.807) is 0 Å². The third-order valence-electron chi connectivity index (χ3n) is 4.07. The molecule has 8 heteroatoms. The summed E-state index contributed by atoms with van der Waals surface area (Å²) in [4.78, 5) is 4.10. The lowest BCUT2D eigenvalue weighted by atomic mass is 10.3. The first kappa shape index (κ1) is 14.9. The van der Waals surface area contributed by atoms with Gasteiger partial charge in [-0.25, -0.2) is 0 Å². The zero-order valence-corrected chi connectivity index (χ0v) is 13.3. The first-order chi connectivity index (χ1) is 10.1. The van der Waals surface area contributed by atoms with Gasteiger partial charge < -0.3 is 18.9 Å². The molecule has 4 fully saturated rings. The highest BCUT2D eigenvalue weighted by molar-refractivity contribution is 6.47. The monoisotopic (exact) mass is 338 g/mol. The van der Waals surface area contributed by atoms with Gasteiger partial charge in [-0.3, -0.25) is 9.80 Å².